The van der Waals surface area contributed by atoms with Crippen molar-refractivity contribution < 1.29 is 9.22 Å². The number of hydrogen-bond donors (Lipinski definition) is 0. The molecule has 0 heterocycles. The SMILES string of the molecule is CC[N+](CC)(CCCN=C=S)CCOCc1ccccc1. The number of aliphatic imine (C=N–C) groups is 1. The van der Waals surface area contributed by atoms with Gasteiger partial charge in [-0.15, -0.1) is 0 Å². The Kier molecular flexibility index (Phi) is 9.11. The van der Waals surface area contributed by atoms with Gasteiger partial charge in [-0.3, -0.25) is 0 Å². The molecule has 0 bridgehead atoms. The highest BCUT2D eigenvalue weighted by atomic mass is 32.1. The maximum Gasteiger partial charge on any atom is 0.102 e. The highest BCUT2D eigenvalue weighted by Gasteiger charge is 2.22. The lowest BCUT2D eigenvalue weighted by molar-refractivity contribution is -0.925. The Bertz CT molecular complexity index is 426. The van der Waals surface area contributed by atoms with E-state index in [0.717, 1.165) is 50.2 Å². The van der Waals surface area contributed by atoms with E-state index in [-0.39, 0.29) is 0 Å². The minimum absolute atomic E-state index is 0.698. The Morgan fingerprint density at radius 3 is 2.48 bits per heavy atom. The van der Waals surface area contributed by atoms with Gasteiger partial charge in [0.15, 0.2) is 0 Å². The molecule has 4 heteroatoms. The summed E-state index contributed by atoms with van der Waals surface area (Å²) < 4.78 is 6.92. The van der Waals surface area contributed by atoms with Crippen LogP contribution in [0, 0.1) is 0 Å². The zero-order valence-corrected chi connectivity index (χ0v) is 14.1. The summed E-state index contributed by atoms with van der Waals surface area (Å²) in [5.41, 5.74) is 1.24. The van der Waals surface area contributed by atoms with Crippen molar-refractivity contribution in [3.63, 3.8) is 0 Å². The lowest BCUT2D eigenvalue weighted by atomic mass is 10.2. The van der Waals surface area contributed by atoms with E-state index in [2.05, 4.69) is 48.4 Å². The molecule has 0 aliphatic carbocycles. The first kappa shape index (κ1) is 18.0. The Hall–Kier alpha value is -1.06. The Labute approximate surface area is 134 Å². The van der Waals surface area contributed by atoms with Crippen LogP contribution in [0.4, 0.5) is 0 Å². The van der Waals surface area contributed by atoms with Crippen molar-refractivity contribution in [1.82, 2.24) is 0 Å². The molecule has 1 rings (SSSR count). The maximum atomic E-state index is 5.84. The Balaban J connectivity index is 2.34. The molecule has 0 radical (unpaired) electrons. The lowest BCUT2D eigenvalue weighted by Gasteiger charge is -2.36. The molecule has 0 saturated carbocycles. The molecule has 0 aliphatic rings. The highest BCUT2D eigenvalue weighted by Crippen LogP contribution is 2.09. The van der Waals surface area contributed by atoms with Crippen LogP contribution in [0.3, 0.4) is 0 Å². The van der Waals surface area contributed by atoms with Crippen LogP contribution in [-0.4, -0.2) is 49.0 Å². The lowest BCUT2D eigenvalue weighted by Crippen LogP contribution is -2.50. The molecule has 0 aliphatic heterocycles. The zero-order chi connectivity index (χ0) is 15.4. The summed E-state index contributed by atoms with van der Waals surface area (Å²) in [5.74, 6) is 0. The van der Waals surface area contributed by atoms with Gasteiger partial charge in [0.2, 0.25) is 0 Å². The monoisotopic (exact) mass is 307 g/mol. The molecular formula is C17H27N2OS+. The third-order valence-corrected chi connectivity index (χ3v) is 4.26. The van der Waals surface area contributed by atoms with E-state index in [1.54, 1.807) is 0 Å². The van der Waals surface area contributed by atoms with Crippen molar-refractivity contribution in [3.8, 4) is 0 Å². The summed E-state index contributed by atoms with van der Waals surface area (Å²) in [6.07, 6.45) is 1.06. The van der Waals surface area contributed by atoms with Crippen molar-refractivity contribution in [3.05, 3.63) is 35.9 Å². The van der Waals surface area contributed by atoms with E-state index in [9.17, 15) is 0 Å². The van der Waals surface area contributed by atoms with Gasteiger partial charge in [-0.05, 0) is 31.6 Å². The van der Waals surface area contributed by atoms with Crippen LogP contribution in [0.2, 0.25) is 0 Å². The molecule has 0 aromatic heterocycles. The molecule has 21 heavy (non-hydrogen) atoms. The summed E-state index contributed by atoms with van der Waals surface area (Å²) >= 11 is 4.61. The van der Waals surface area contributed by atoms with Crippen LogP contribution >= 0.6 is 12.2 Å². The van der Waals surface area contributed by atoms with Crippen molar-refractivity contribution in [2.45, 2.75) is 26.9 Å². The second kappa shape index (κ2) is 10.6. The van der Waals surface area contributed by atoms with Crippen molar-refractivity contribution in [2.75, 3.05) is 39.3 Å². The van der Waals surface area contributed by atoms with Crippen LogP contribution in [0.1, 0.15) is 25.8 Å². The van der Waals surface area contributed by atoms with Gasteiger partial charge in [0.25, 0.3) is 0 Å². The molecule has 0 amide bonds. The fraction of sp³-hybridized carbons (Fsp3) is 0.588. The molecular weight excluding hydrogens is 280 g/mol. The topological polar surface area (TPSA) is 21.6 Å². The quantitative estimate of drug-likeness (QED) is 0.270. The molecule has 0 atom stereocenters. The second-order valence-electron chi connectivity index (χ2n) is 5.29. The molecule has 1 aromatic rings. The fourth-order valence-electron chi connectivity index (χ4n) is 2.52. The summed E-state index contributed by atoms with van der Waals surface area (Å²) in [4.78, 5) is 4.00. The normalized spacial score (nSPS) is 11.1. The summed E-state index contributed by atoms with van der Waals surface area (Å²) in [6, 6.07) is 10.3. The summed E-state index contributed by atoms with van der Waals surface area (Å²) in [5, 5.41) is 2.44. The third kappa shape index (κ3) is 6.96. The van der Waals surface area contributed by atoms with Gasteiger partial charge in [-0.1, -0.05) is 30.3 Å². The molecule has 116 valence electrons. The predicted octanol–water partition coefficient (Wildman–Crippen LogP) is 3.55. The number of isothiocyanates is 1. The van der Waals surface area contributed by atoms with E-state index in [4.69, 9.17) is 4.74 Å². The molecule has 0 spiro atoms. The van der Waals surface area contributed by atoms with Gasteiger partial charge < -0.3 is 9.22 Å². The van der Waals surface area contributed by atoms with Gasteiger partial charge in [0.05, 0.1) is 44.6 Å². The molecule has 1 aromatic carbocycles. The summed E-state index contributed by atoms with van der Waals surface area (Å²) in [6.45, 7) is 11.2. The Morgan fingerprint density at radius 1 is 1.14 bits per heavy atom. The largest absolute Gasteiger partial charge is 0.371 e. The van der Waals surface area contributed by atoms with E-state index in [1.807, 2.05) is 18.2 Å². The number of likely N-dealkylation sites (N-methyl/N-ethyl adjacent to an activating group) is 1. The molecule has 0 unspecified atom stereocenters. The minimum Gasteiger partial charge on any atom is -0.371 e. The highest BCUT2D eigenvalue weighted by molar-refractivity contribution is 7.78. The van der Waals surface area contributed by atoms with Gasteiger partial charge in [-0.2, -0.15) is 0 Å². The van der Waals surface area contributed by atoms with Crippen molar-refractivity contribution >= 4 is 17.4 Å². The van der Waals surface area contributed by atoms with Gasteiger partial charge in [-0.25, -0.2) is 4.99 Å². The first-order chi connectivity index (χ1) is 10.3. The molecule has 0 fully saturated rings. The van der Waals surface area contributed by atoms with Crippen molar-refractivity contribution in [1.29, 1.82) is 0 Å². The standard InChI is InChI=1S/C17H27N2OS/c1-3-19(4-2,12-8-11-18-16-21)13-14-20-15-17-9-6-5-7-10-17/h5-7,9-10H,3-4,8,11-15H2,1-2H3/q+1. The minimum atomic E-state index is 0.698. The van der Waals surface area contributed by atoms with E-state index >= 15 is 0 Å². The average molecular weight is 307 g/mol. The first-order valence-corrected chi connectivity index (χ1v) is 8.17. The van der Waals surface area contributed by atoms with E-state index in [0.29, 0.717) is 6.61 Å². The Morgan fingerprint density at radius 2 is 1.86 bits per heavy atom. The zero-order valence-electron chi connectivity index (χ0n) is 13.3. The number of ether oxygens (including phenoxy) is 1. The van der Waals surface area contributed by atoms with Crippen molar-refractivity contribution in [2.24, 2.45) is 4.99 Å². The van der Waals surface area contributed by atoms with Crippen LogP contribution in [0.5, 0.6) is 0 Å². The van der Waals surface area contributed by atoms with Crippen LogP contribution < -0.4 is 0 Å². The smallest absolute Gasteiger partial charge is 0.102 e. The van der Waals surface area contributed by atoms with Gasteiger partial charge >= 0.3 is 0 Å². The van der Waals surface area contributed by atoms with E-state index < -0.39 is 0 Å². The molecule has 0 N–H and O–H groups in total. The number of thiocarbonyl (C=S) groups is 1. The second-order valence-corrected chi connectivity index (χ2v) is 5.47. The summed E-state index contributed by atoms with van der Waals surface area (Å²) in [7, 11) is 0. The number of hydrogen-bond acceptors (Lipinski definition) is 3. The molecule has 3 nitrogen and oxygen atoms in total. The van der Waals surface area contributed by atoms with Gasteiger partial charge in [0.1, 0.15) is 6.54 Å². The maximum absolute atomic E-state index is 5.84. The molecule has 0 saturated heterocycles. The number of nitrogens with zero attached hydrogens (tertiary/aromatic N) is 2. The predicted molar refractivity (Wildman–Crippen MR) is 91.7 cm³/mol. The fourth-order valence-corrected chi connectivity index (χ4v) is 2.61. The number of rotatable bonds is 11. The first-order valence-electron chi connectivity index (χ1n) is 7.76. The number of quaternary nitrogens is 1. The van der Waals surface area contributed by atoms with E-state index in [1.165, 1.54) is 5.56 Å². The van der Waals surface area contributed by atoms with Crippen LogP contribution in [0.25, 0.3) is 0 Å². The number of benzene rings is 1. The van der Waals surface area contributed by atoms with Gasteiger partial charge in [0, 0.05) is 6.42 Å². The third-order valence-electron chi connectivity index (χ3n) is 4.13. The van der Waals surface area contributed by atoms with Crippen LogP contribution in [0.15, 0.2) is 35.3 Å². The average Bonchev–Trinajstić information content (AvgIpc) is 2.55. The van der Waals surface area contributed by atoms with Crippen LogP contribution in [-0.2, 0) is 11.3 Å².